The third kappa shape index (κ3) is 3.81. The Labute approximate surface area is 140 Å². The summed E-state index contributed by atoms with van der Waals surface area (Å²) in [6, 6.07) is 8.93. The minimum absolute atomic E-state index is 0.00397. The van der Waals surface area contributed by atoms with Crippen LogP contribution >= 0.6 is 11.6 Å². The molecule has 3 rings (SSSR count). The van der Waals surface area contributed by atoms with E-state index < -0.39 is 0 Å². The fourth-order valence-corrected chi connectivity index (χ4v) is 2.77. The molecule has 0 radical (unpaired) electrons. The number of halogens is 1. The first-order chi connectivity index (χ1) is 11.1. The molecule has 6 heteroatoms. The van der Waals surface area contributed by atoms with Gasteiger partial charge in [-0.2, -0.15) is 0 Å². The average molecular weight is 332 g/mol. The minimum atomic E-state index is -0.00397. The predicted octanol–water partition coefficient (Wildman–Crippen LogP) is 2.96. The number of hydrogen-bond acceptors (Lipinski definition) is 4. The highest BCUT2D eigenvalue weighted by molar-refractivity contribution is 6.32. The normalized spacial score (nSPS) is 17.8. The summed E-state index contributed by atoms with van der Waals surface area (Å²) in [4.78, 5) is 18.3. The maximum atomic E-state index is 12.6. The van der Waals surface area contributed by atoms with Gasteiger partial charge in [-0.3, -0.25) is 9.78 Å². The van der Waals surface area contributed by atoms with E-state index in [4.69, 9.17) is 16.3 Å². The maximum Gasteiger partial charge on any atom is 0.254 e. The first-order valence-electron chi connectivity index (χ1n) is 7.53. The van der Waals surface area contributed by atoms with Crippen LogP contribution in [-0.4, -0.2) is 41.5 Å². The molecule has 23 heavy (non-hydrogen) atoms. The molecule has 0 saturated carbocycles. The molecule has 1 N–H and O–H groups in total. The summed E-state index contributed by atoms with van der Waals surface area (Å²) < 4.78 is 5.70. The van der Waals surface area contributed by atoms with Gasteiger partial charge < -0.3 is 15.0 Å². The number of aromatic nitrogens is 1. The summed E-state index contributed by atoms with van der Waals surface area (Å²) in [5, 5.41) is 3.73. The van der Waals surface area contributed by atoms with Crippen LogP contribution in [0.5, 0.6) is 11.5 Å². The molecule has 1 atom stereocenters. The van der Waals surface area contributed by atoms with Crippen molar-refractivity contribution < 1.29 is 9.53 Å². The number of carbonyl (C=O) groups is 1. The van der Waals surface area contributed by atoms with Gasteiger partial charge in [-0.1, -0.05) is 11.6 Å². The number of benzene rings is 1. The maximum absolute atomic E-state index is 12.6. The van der Waals surface area contributed by atoms with Crippen molar-refractivity contribution in [1.82, 2.24) is 15.2 Å². The molecule has 1 unspecified atom stereocenters. The van der Waals surface area contributed by atoms with E-state index >= 15 is 0 Å². The van der Waals surface area contributed by atoms with Crippen molar-refractivity contribution in [1.29, 1.82) is 0 Å². The van der Waals surface area contributed by atoms with Gasteiger partial charge in [0.25, 0.3) is 5.91 Å². The number of amides is 1. The zero-order valence-electron chi connectivity index (χ0n) is 12.8. The van der Waals surface area contributed by atoms with E-state index in [1.54, 1.807) is 42.7 Å². The monoisotopic (exact) mass is 331 g/mol. The van der Waals surface area contributed by atoms with Crippen LogP contribution in [0, 0.1) is 0 Å². The Bertz CT molecular complexity index is 693. The van der Waals surface area contributed by atoms with Crippen LogP contribution in [0.3, 0.4) is 0 Å². The topological polar surface area (TPSA) is 54.5 Å². The third-order valence-corrected chi connectivity index (χ3v) is 4.01. The number of hydrogen-bond donors (Lipinski definition) is 1. The lowest BCUT2D eigenvalue weighted by atomic mass is 10.1. The van der Waals surface area contributed by atoms with Gasteiger partial charge in [0.2, 0.25) is 0 Å². The summed E-state index contributed by atoms with van der Waals surface area (Å²) in [7, 11) is 0. The minimum Gasteiger partial charge on any atom is -0.456 e. The SMILES string of the molecule is CC1CN(C(=O)c2ccc(Oc3ccncc3)c(Cl)c2)CCN1. The molecule has 1 fully saturated rings. The summed E-state index contributed by atoms with van der Waals surface area (Å²) >= 11 is 6.27. The van der Waals surface area contributed by atoms with Gasteiger partial charge in [-0.05, 0) is 37.3 Å². The molecule has 1 aliphatic heterocycles. The van der Waals surface area contributed by atoms with Crippen molar-refractivity contribution in [3.8, 4) is 11.5 Å². The van der Waals surface area contributed by atoms with Crippen LogP contribution in [0.15, 0.2) is 42.7 Å². The Hall–Kier alpha value is -2.11. The molecular formula is C17H18ClN3O2. The smallest absolute Gasteiger partial charge is 0.254 e. The highest BCUT2D eigenvalue weighted by atomic mass is 35.5. The van der Waals surface area contributed by atoms with Crippen LogP contribution in [-0.2, 0) is 0 Å². The lowest BCUT2D eigenvalue weighted by Crippen LogP contribution is -2.51. The molecule has 1 aliphatic rings. The number of piperazine rings is 1. The fraction of sp³-hybridized carbons (Fsp3) is 0.294. The molecule has 0 aliphatic carbocycles. The van der Waals surface area contributed by atoms with E-state index in [2.05, 4.69) is 17.2 Å². The molecule has 1 amide bonds. The third-order valence-electron chi connectivity index (χ3n) is 3.71. The average Bonchev–Trinajstić information content (AvgIpc) is 2.57. The van der Waals surface area contributed by atoms with E-state index in [1.165, 1.54) is 0 Å². The van der Waals surface area contributed by atoms with Crippen molar-refractivity contribution in [2.24, 2.45) is 0 Å². The number of nitrogens with zero attached hydrogens (tertiary/aromatic N) is 2. The Morgan fingerprint density at radius 3 is 2.83 bits per heavy atom. The van der Waals surface area contributed by atoms with Crippen molar-refractivity contribution >= 4 is 17.5 Å². The Balaban J connectivity index is 1.75. The summed E-state index contributed by atoms with van der Waals surface area (Å²) in [6.45, 7) is 4.28. The van der Waals surface area contributed by atoms with Crippen LogP contribution in [0.4, 0.5) is 0 Å². The highest BCUT2D eigenvalue weighted by Crippen LogP contribution is 2.30. The molecular weight excluding hydrogens is 314 g/mol. The van der Waals surface area contributed by atoms with Crippen molar-refractivity contribution in [3.05, 3.63) is 53.3 Å². The van der Waals surface area contributed by atoms with Gasteiger partial charge in [0.05, 0.1) is 5.02 Å². The van der Waals surface area contributed by atoms with Crippen LogP contribution in [0.2, 0.25) is 5.02 Å². The summed E-state index contributed by atoms with van der Waals surface area (Å²) in [6.07, 6.45) is 3.29. The molecule has 0 bridgehead atoms. The van der Waals surface area contributed by atoms with Gasteiger partial charge in [-0.25, -0.2) is 0 Å². The molecule has 5 nitrogen and oxygen atoms in total. The second kappa shape index (κ2) is 6.98. The fourth-order valence-electron chi connectivity index (χ4n) is 2.55. The van der Waals surface area contributed by atoms with Crippen LogP contribution in [0.1, 0.15) is 17.3 Å². The lowest BCUT2D eigenvalue weighted by Gasteiger charge is -2.32. The highest BCUT2D eigenvalue weighted by Gasteiger charge is 2.22. The van der Waals surface area contributed by atoms with E-state index in [0.717, 1.165) is 6.54 Å². The van der Waals surface area contributed by atoms with E-state index in [1.807, 2.05) is 4.90 Å². The van der Waals surface area contributed by atoms with Crippen molar-refractivity contribution in [2.45, 2.75) is 13.0 Å². The number of pyridine rings is 1. The van der Waals surface area contributed by atoms with E-state index in [9.17, 15) is 4.79 Å². The van der Waals surface area contributed by atoms with Gasteiger partial charge in [0.1, 0.15) is 11.5 Å². The summed E-state index contributed by atoms with van der Waals surface area (Å²) in [5.41, 5.74) is 0.575. The second-order valence-electron chi connectivity index (χ2n) is 5.54. The zero-order valence-corrected chi connectivity index (χ0v) is 13.6. The van der Waals surface area contributed by atoms with Gasteiger partial charge in [0, 0.05) is 43.6 Å². The van der Waals surface area contributed by atoms with Gasteiger partial charge in [0.15, 0.2) is 0 Å². The standard InChI is InChI=1S/C17H18ClN3O2/c1-12-11-21(9-8-20-12)17(22)13-2-3-16(15(18)10-13)23-14-4-6-19-7-5-14/h2-7,10,12,20H,8-9,11H2,1H3. The van der Waals surface area contributed by atoms with Crippen LogP contribution in [0.25, 0.3) is 0 Å². The van der Waals surface area contributed by atoms with Gasteiger partial charge >= 0.3 is 0 Å². The number of ether oxygens (including phenoxy) is 1. The first kappa shape index (κ1) is 15.8. The Morgan fingerprint density at radius 2 is 2.13 bits per heavy atom. The Kier molecular flexibility index (Phi) is 4.79. The first-order valence-corrected chi connectivity index (χ1v) is 7.91. The molecule has 120 valence electrons. The predicted molar refractivity (Wildman–Crippen MR) is 89.1 cm³/mol. The second-order valence-corrected chi connectivity index (χ2v) is 5.94. The quantitative estimate of drug-likeness (QED) is 0.939. The van der Waals surface area contributed by atoms with Gasteiger partial charge in [-0.15, -0.1) is 0 Å². The van der Waals surface area contributed by atoms with Crippen molar-refractivity contribution in [2.75, 3.05) is 19.6 Å². The molecule has 2 aromatic rings. The zero-order chi connectivity index (χ0) is 16.2. The molecule has 1 aromatic heterocycles. The van der Waals surface area contributed by atoms with Crippen LogP contribution < -0.4 is 10.1 Å². The number of carbonyl (C=O) groups excluding carboxylic acids is 1. The van der Waals surface area contributed by atoms with E-state index in [-0.39, 0.29) is 5.91 Å². The largest absolute Gasteiger partial charge is 0.456 e. The molecule has 0 spiro atoms. The lowest BCUT2D eigenvalue weighted by molar-refractivity contribution is 0.0709. The van der Waals surface area contributed by atoms with Crippen molar-refractivity contribution in [3.63, 3.8) is 0 Å². The van der Waals surface area contributed by atoms with E-state index in [0.29, 0.717) is 41.2 Å². The Morgan fingerprint density at radius 1 is 1.35 bits per heavy atom. The summed E-state index contributed by atoms with van der Waals surface area (Å²) in [5.74, 6) is 1.16. The molecule has 2 heterocycles. The molecule has 1 saturated heterocycles. The molecule has 1 aromatic carbocycles. The number of rotatable bonds is 3. The number of nitrogens with one attached hydrogen (secondary N) is 1.